The Bertz CT molecular complexity index is 627. The van der Waals surface area contributed by atoms with Gasteiger partial charge in [-0.2, -0.15) is 0 Å². The molecule has 1 aromatic rings. The third-order valence-corrected chi connectivity index (χ3v) is 3.92. The van der Waals surface area contributed by atoms with E-state index < -0.39 is 23.5 Å². The summed E-state index contributed by atoms with van der Waals surface area (Å²) in [6.45, 7) is 1.38. The number of hydrogen-bond acceptors (Lipinski definition) is 6. The lowest BCUT2D eigenvalue weighted by Crippen LogP contribution is -2.57. The van der Waals surface area contributed by atoms with Gasteiger partial charge < -0.3 is 26.4 Å². The summed E-state index contributed by atoms with van der Waals surface area (Å²) in [5, 5.41) is 19.5. The van der Waals surface area contributed by atoms with Gasteiger partial charge in [-0.05, 0) is 30.2 Å². The van der Waals surface area contributed by atoms with E-state index in [0.717, 1.165) is 0 Å². The highest BCUT2D eigenvalue weighted by Gasteiger charge is 2.47. The first-order valence-corrected chi connectivity index (χ1v) is 7.37. The molecular formula is C17H22N2O4. The first kappa shape index (κ1) is 17.4. The third kappa shape index (κ3) is 3.35. The van der Waals surface area contributed by atoms with Gasteiger partial charge in [-0.3, -0.25) is 4.79 Å². The zero-order chi connectivity index (χ0) is 17.0. The van der Waals surface area contributed by atoms with Crippen LogP contribution in [-0.2, 0) is 9.53 Å². The van der Waals surface area contributed by atoms with Crippen LogP contribution in [0.1, 0.15) is 18.6 Å². The van der Waals surface area contributed by atoms with Crippen molar-refractivity contribution in [3.8, 4) is 0 Å². The first-order valence-electron chi connectivity index (χ1n) is 7.37. The topological polar surface area (TPSA) is 119 Å². The van der Waals surface area contributed by atoms with Crippen LogP contribution in [0.2, 0.25) is 0 Å². The van der Waals surface area contributed by atoms with Crippen molar-refractivity contribution >= 4 is 5.78 Å². The van der Waals surface area contributed by atoms with Crippen molar-refractivity contribution in [3.05, 3.63) is 59.3 Å². The van der Waals surface area contributed by atoms with Gasteiger partial charge in [-0.25, -0.2) is 0 Å². The van der Waals surface area contributed by atoms with Crippen LogP contribution >= 0.6 is 0 Å². The highest BCUT2D eigenvalue weighted by molar-refractivity contribution is 5.95. The molecule has 0 heterocycles. The van der Waals surface area contributed by atoms with Gasteiger partial charge in [0.1, 0.15) is 6.10 Å². The monoisotopic (exact) mass is 318 g/mol. The zero-order valence-corrected chi connectivity index (χ0v) is 13.0. The van der Waals surface area contributed by atoms with Crippen LogP contribution in [0.4, 0.5) is 0 Å². The fraction of sp³-hybridized carbons (Fsp3) is 0.353. The fourth-order valence-electron chi connectivity index (χ4n) is 2.61. The second-order valence-corrected chi connectivity index (χ2v) is 5.52. The summed E-state index contributed by atoms with van der Waals surface area (Å²) in [5.74, 6) is -0.590. The van der Waals surface area contributed by atoms with Crippen molar-refractivity contribution in [3.63, 3.8) is 0 Å². The SMILES string of the molecule is CC1=CC(OCCO)(C(=O)C(O)c2ccccc2)C(N)C=C1N. The number of ether oxygens (including phenoxy) is 1. The van der Waals surface area contributed by atoms with E-state index in [-0.39, 0.29) is 13.2 Å². The summed E-state index contributed by atoms with van der Waals surface area (Å²) in [5.41, 5.74) is 11.9. The van der Waals surface area contributed by atoms with Gasteiger partial charge in [0.2, 0.25) is 5.78 Å². The molecule has 6 heteroatoms. The van der Waals surface area contributed by atoms with E-state index in [0.29, 0.717) is 16.8 Å². The highest BCUT2D eigenvalue weighted by Crippen LogP contribution is 2.32. The molecule has 1 aromatic carbocycles. The Morgan fingerprint density at radius 2 is 2.04 bits per heavy atom. The minimum absolute atomic E-state index is 0.0848. The molecular weight excluding hydrogens is 296 g/mol. The zero-order valence-electron chi connectivity index (χ0n) is 13.0. The molecule has 3 atom stereocenters. The van der Waals surface area contributed by atoms with Gasteiger partial charge in [0.05, 0.1) is 19.3 Å². The third-order valence-electron chi connectivity index (χ3n) is 3.92. The molecule has 1 aliphatic carbocycles. The molecule has 0 fully saturated rings. The van der Waals surface area contributed by atoms with Gasteiger partial charge in [-0.15, -0.1) is 0 Å². The molecule has 6 N–H and O–H groups in total. The Morgan fingerprint density at radius 3 is 2.65 bits per heavy atom. The van der Waals surface area contributed by atoms with E-state index in [9.17, 15) is 9.90 Å². The Morgan fingerprint density at radius 1 is 1.39 bits per heavy atom. The maximum absolute atomic E-state index is 12.9. The quantitative estimate of drug-likeness (QED) is 0.593. The molecule has 3 unspecified atom stereocenters. The van der Waals surface area contributed by atoms with E-state index in [1.54, 1.807) is 37.3 Å². The number of aliphatic hydroxyl groups is 2. The van der Waals surface area contributed by atoms with E-state index in [4.69, 9.17) is 21.3 Å². The number of benzene rings is 1. The minimum Gasteiger partial charge on any atom is -0.399 e. The normalized spacial score (nSPS) is 25.5. The lowest BCUT2D eigenvalue weighted by molar-refractivity contribution is -0.150. The van der Waals surface area contributed by atoms with Crippen LogP contribution in [0, 0.1) is 0 Å². The number of allylic oxidation sites excluding steroid dienone is 1. The Balaban J connectivity index is 2.41. The van der Waals surface area contributed by atoms with Crippen LogP contribution in [0.15, 0.2) is 53.8 Å². The van der Waals surface area contributed by atoms with Gasteiger partial charge in [-0.1, -0.05) is 30.3 Å². The van der Waals surface area contributed by atoms with E-state index in [1.807, 2.05) is 0 Å². The van der Waals surface area contributed by atoms with Crippen LogP contribution in [0.5, 0.6) is 0 Å². The molecule has 23 heavy (non-hydrogen) atoms. The molecule has 0 bridgehead atoms. The van der Waals surface area contributed by atoms with Crippen molar-refractivity contribution in [1.82, 2.24) is 0 Å². The number of carbonyl (C=O) groups excluding carboxylic acids is 1. The molecule has 124 valence electrons. The Kier molecular flexibility index (Phi) is 5.33. The number of Topliss-reactive ketones (excluding diaryl/α,β-unsaturated/α-hetero) is 1. The molecule has 1 aliphatic rings. The molecule has 0 saturated heterocycles. The number of carbonyl (C=O) groups is 1. The summed E-state index contributed by atoms with van der Waals surface area (Å²) in [6.07, 6.45) is 1.66. The predicted molar refractivity (Wildman–Crippen MR) is 86.2 cm³/mol. The van der Waals surface area contributed by atoms with E-state index >= 15 is 0 Å². The molecule has 0 spiro atoms. The standard InChI is InChI=1S/C17H22N2O4/c1-11-10-17(23-8-7-20,14(19)9-13(11)18)16(22)15(21)12-5-3-2-4-6-12/h2-6,9-10,14-15,20-21H,7-8,18-19H2,1H3. The second-order valence-electron chi connectivity index (χ2n) is 5.52. The van der Waals surface area contributed by atoms with Crippen LogP contribution in [-0.4, -0.2) is 40.9 Å². The minimum atomic E-state index is -1.56. The second kappa shape index (κ2) is 7.06. The van der Waals surface area contributed by atoms with Crippen LogP contribution in [0.25, 0.3) is 0 Å². The Labute approximate surface area is 135 Å². The van der Waals surface area contributed by atoms with Gasteiger partial charge in [0, 0.05) is 5.70 Å². The summed E-state index contributed by atoms with van der Waals surface area (Å²) >= 11 is 0. The number of ketones is 1. The molecule has 2 rings (SSSR count). The lowest BCUT2D eigenvalue weighted by Gasteiger charge is -2.38. The van der Waals surface area contributed by atoms with Crippen LogP contribution in [0.3, 0.4) is 0 Å². The van der Waals surface area contributed by atoms with Crippen molar-refractivity contribution in [1.29, 1.82) is 0 Å². The van der Waals surface area contributed by atoms with Crippen molar-refractivity contribution in [2.24, 2.45) is 11.5 Å². The van der Waals surface area contributed by atoms with Crippen molar-refractivity contribution in [2.75, 3.05) is 13.2 Å². The Hall–Kier alpha value is -1.99. The summed E-state index contributed by atoms with van der Waals surface area (Å²) in [6, 6.07) is 7.69. The largest absolute Gasteiger partial charge is 0.399 e. The summed E-state index contributed by atoms with van der Waals surface area (Å²) < 4.78 is 5.59. The van der Waals surface area contributed by atoms with E-state index in [1.165, 1.54) is 12.2 Å². The van der Waals surface area contributed by atoms with Gasteiger partial charge >= 0.3 is 0 Å². The number of hydrogen-bond donors (Lipinski definition) is 4. The first-order chi connectivity index (χ1) is 10.9. The lowest BCUT2D eigenvalue weighted by atomic mass is 9.79. The molecule has 0 aromatic heterocycles. The van der Waals surface area contributed by atoms with Gasteiger partial charge in [0.25, 0.3) is 0 Å². The molecule has 0 radical (unpaired) electrons. The predicted octanol–water partition coefficient (Wildman–Crippen LogP) is 0.167. The van der Waals surface area contributed by atoms with Crippen LogP contribution < -0.4 is 11.5 Å². The molecule has 0 amide bonds. The summed E-state index contributed by atoms with van der Waals surface area (Å²) in [7, 11) is 0. The van der Waals surface area contributed by atoms with E-state index in [2.05, 4.69) is 0 Å². The molecule has 0 saturated carbocycles. The summed E-state index contributed by atoms with van der Waals surface area (Å²) in [4.78, 5) is 12.9. The number of nitrogens with two attached hydrogens (primary N) is 2. The van der Waals surface area contributed by atoms with Crippen molar-refractivity contribution < 1.29 is 19.7 Å². The average molecular weight is 318 g/mol. The highest BCUT2D eigenvalue weighted by atomic mass is 16.5. The van der Waals surface area contributed by atoms with Crippen molar-refractivity contribution in [2.45, 2.75) is 24.7 Å². The smallest absolute Gasteiger partial charge is 0.203 e. The molecule has 6 nitrogen and oxygen atoms in total. The average Bonchev–Trinajstić information content (AvgIpc) is 2.56. The number of rotatable bonds is 6. The maximum Gasteiger partial charge on any atom is 0.203 e. The fourth-order valence-corrected chi connectivity index (χ4v) is 2.61. The number of aliphatic hydroxyl groups excluding tert-OH is 2. The maximum atomic E-state index is 12.9. The van der Waals surface area contributed by atoms with Gasteiger partial charge in [0.15, 0.2) is 5.60 Å². The molecule has 0 aliphatic heterocycles.